The van der Waals surface area contributed by atoms with Crippen molar-refractivity contribution in [2.45, 2.75) is 26.6 Å². The van der Waals surface area contributed by atoms with Crippen molar-refractivity contribution < 1.29 is 22.9 Å². The Kier molecular flexibility index (Phi) is 6.21. The molecule has 0 aliphatic rings. The van der Waals surface area contributed by atoms with Crippen LogP contribution in [-0.2, 0) is 17.5 Å². The van der Waals surface area contributed by atoms with Gasteiger partial charge < -0.3 is 10.2 Å². The van der Waals surface area contributed by atoms with Crippen LogP contribution < -0.4 is 15.8 Å². The molecule has 9 heteroatoms. The minimum atomic E-state index is -4.56. The Morgan fingerprint density at radius 2 is 1.90 bits per heavy atom. The molecule has 3 aromatic rings. The molecule has 0 aliphatic carbocycles. The van der Waals surface area contributed by atoms with Gasteiger partial charge in [0, 0.05) is 11.8 Å². The van der Waals surface area contributed by atoms with E-state index in [1.807, 2.05) is 19.9 Å². The van der Waals surface area contributed by atoms with Crippen LogP contribution in [-0.4, -0.2) is 28.4 Å². The Hall–Kier alpha value is -3.20. The number of aryl methyl sites for hydroxylation is 1. The van der Waals surface area contributed by atoms with Crippen molar-refractivity contribution in [3.8, 4) is 0 Å². The molecule has 1 unspecified atom stereocenters. The lowest BCUT2D eigenvalue weighted by molar-refractivity contribution is -0.904. The van der Waals surface area contributed by atoms with Gasteiger partial charge in [-0.3, -0.25) is 14.0 Å². The fourth-order valence-electron chi connectivity index (χ4n) is 3.28. The van der Waals surface area contributed by atoms with Crippen LogP contribution in [0.25, 0.3) is 5.65 Å². The summed E-state index contributed by atoms with van der Waals surface area (Å²) in [5, 5.41) is 2.35. The molecule has 30 heavy (non-hydrogen) atoms. The summed E-state index contributed by atoms with van der Waals surface area (Å²) in [4.78, 5) is 30.1. The first kappa shape index (κ1) is 21.5. The number of nitrogens with one attached hydrogen (secondary N) is 2. The van der Waals surface area contributed by atoms with Crippen LogP contribution in [0.1, 0.15) is 23.9 Å². The molecule has 6 nitrogen and oxygen atoms in total. The summed E-state index contributed by atoms with van der Waals surface area (Å²) in [5.74, 6) is -0.545. The minimum absolute atomic E-state index is 0.0580. The molecule has 1 amide bonds. The van der Waals surface area contributed by atoms with E-state index in [9.17, 15) is 22.8 Å². The van der Waals surface area contributed by atoms with E-state index in [0.29, 0.717) is 24.4 Å². The zero-order valence-electron chi connectivity index (χ0n) is 16.6. The first-order valence-corrected chi connectivity index (χ1v) is 9.47. The lowest BCUT2D eigenvalue weighted by Crippen LogP contribution is -3.11. The quantitative estimate of drug-likeness (QED) is 0.643. The molecule has 0 saturated carbocycles. The summed E-state index contributed by atoms with van der Waals surface area (Å²) in [7, 11) is 0. The van der Waals surface area contributed by atoms with Crippen molar-refractivity contribution in [2.24, 2.45) is 0 Å². The van der Waals surface area contributed by atoms with E-state index in [1.54, 1.807) is 12.1 Å². The van der Waals surface area contributed by atoms with Gasteiger partial charge in [0.2, 0.25) is 0 Å². The first-order chi connectivity index (χ1) is 14.2. The average molecular weight is 419 g/mol. The number of alkyl halides is 3. The van der Waals surface area contributed by atoms with E-state index in [-0.39, 0.29) is 17.8 Å². The molecule has 2 aromatic heterocycles. The van der Waals surface area contributed by atoms with Gasteiger partial charge in [-0.25, -0.2) is 4.98 Å². The topological polar surface area (TPSA) is 67.9 Å². The maximum Gasteiger partial charge on any atom is 0.418 e. The van der Waals surface area contributed by atoms with Gasteiger partial charge in [0.05, 0.1) is 17.8 Å². The van der Waals surface area contributed by atoms with E-state index in [2.05, 4.69) is 10.3 Å². The van der Waals surface area contributed by atoms with Crippen molar-refractivity contribution in [3.05, 3.63) is 75.8 Å². The van der Waals surface area contributed by atoms with Crippen LogP contribution >= 0.6 is 0 Å². The van der Waals surface area contributed by atoms with Crippen molar-refractivity contribution in [2.75, 3.05) is 18.4 Å². The Morgan fingerprint density at radius 3 is 2.60 bits per heavy atom. The third-order valence-electron chi connectivity index (χ3n) is 4.78. The molecule has 0 spiro atoms. The van der Waals surface area contributed by atoms with Crippen LogP contribution in [0, 0.1) is 6.92 Å². The molecule has 3 rings (SSSR count). The summed E-state index contributed by atoms with van der Waals surface area (Å²) in [5.41, 5.74) is 0.410. The van der Waals surface area contributed by atoms with Crippen LogP contribution in [0.3, 0.4) is 0 Å². The van der Waals surface area contributed by atoms with Gasteiger partial charge in [0.15, 0.2) is 6.54 Å². The number of para-hydroxylation sites is 1. The largest absolute Gasteiger partial charge is 0.418 e. The van der Waals surface area contributed by atoms with Crippen LogP contribution in [0.5, 0.6) is 0 Å². The van der Waals surface area contributed by atoms with Crippen LogP contribution in [0.15, 0.2) is 53.3 Å². The zero-order chi connectivity index (χ0) is 21.9. The highest BCUT2D eigenvalue weighted by atomic mass is 19.4. The minimum Gasteiger partial charge on any atom is -0.322 e. The fraction of sp³-hybridized carbons (Fsp3) is 0.286. The third-order valence-corrected chi connectivity index (χ3v) is 4.78. The Morgan fingerprint density at radius 1 is 1.17 bits per heavy atom. The number of aromatic nitrogens is 2. The zero-order valence-corrected chi connectivity index (χ0v) is 16.6. The number of likely N-dealkylation sites (N-methyl/N-ethyl adjacent to an activating group) is 1. The molecule has 158 valence electrons. The molecule has 2 heterocycles. The lowest BCUT2D eigenvalue weighted by Gasteiger charge is -2.18. The SMILES string of the molecule is CC[NH+](CC(=O)Nc1ccccc1C(F)(F)F)Cc1cc(=O)n2c(C)cccc2n1. The Balaban J connectivity index is 1.75. The van der Waals surface area contributed by atoms with Crippen LogP contribution in [0.2, 0.25) is 0 Å². The van der Waals surface area contributed by atoms with E-state index < -0.39 is 17.6 Å². The third kappa shape index (κ3) is 4.85. The van der Waals surface area contributed by atoms with E-state index in [1.165, 1.54) is 28.7 Å². The molecule has 1 atom stereocenters. The monoisotopic (exact) mass is 419 g/mol. The molecule has 1 aromatic carbocycles. The predicted octanol–water partition coefficient (Wildman–Crippen LogP) is 2.07. The lowest BCUT2D eigenvalue weighted by atomic mass is 10.1. The molecule has 0 saturated heterocycles. The fourth-order valence-corrected chi connectivity index (χ4v) is 3.28. The predicted molar refractivity (Wildman–Crippen MR) is 106 cm³/mol. The summed E-state index contributed by atoms with van der Waals surface area (Å²) in [6.07, 6.45) is -4.56. The van der Waals surface area contributed by atoms with Gasteiger partial charge in [0.25, 0.3) is 11.5 Å². The van der Waals surface area contributed by atoms with E-state index in [0.717, 1.165) is 16.7 Å². The number of carbonyl (C=O) groups excluding carboxylic acids is 1. The van der Waals surface area contributed by atoms with Gasteiger partial charge in [-0.15, -0.1) is 0 Å². The second kappa shape index (κ2) is 8.66. The molecule has 0 aliphatic heterocycles. The maximum atomic E-state index is 13.1. The number of rotatable bonds is 6. The van der Waals surface area contributed by atoms with E-state index >= 15 is 0 Å². The number of halogens is 3. The highest BCUT2D eigenvalue weighted by Gasteiger charge is 2.33. The Labute approximate surface area is 171 Å². The number of quaternary nitrogens is 1. The van der Waals surface area contributed by atoms with Crippen molar-refractivity contribution in [1.29, 1.82) is 0 Å². The average Bonchev–Trinajstić information content (AvgIpc) is 2.66. The summed E-state index contributed by atoms with van der Waals surface area (Å²) in [6.45, 7) is 4.43. The van der Waals surface area contributed by atoms with Crippen LogP contribution in [0.4, 0.5) is 18.9 Å². The molecular weight excluding hydrogens is 397 g/mol. The van der Waals surface area contributed by atoms with Gasteiger partial charge in [0.1, 0.15) is 17.9 Å². The number of fused-ring (bicyclic) bond motifs is 1. The number of amides is 1. The normalized spacial score (nSPS) is 12.7. The van der Waals surface area contributed by atoms with Gasteiger partial charge >= 0.3 is 6.18 Å². The number of nitrogens with zero attached hydrogens (tertiary/aromatic N) is 2. The Bertz CT molecular complexity index is 1130. The molecule has 0 bridgehead atoms. The summed E-state index contributed by atoms with van der Waals surface area (Å²) in [6, 6.07) is 11.6. The van der Waals surface area contributed by atoms with Crippen molar-refractivity contribution in [3.63, 3.8) is 0 Å². The highest BCUT2D eigenvalue weighted by Crippen LogP contribution is 2.34. The summed E-state index contributed by atoms with van der Waals surface area (Å²) < 4.78 is 40.8. The molecule has 2 N–H and O–H groups in total. The van der Waals surface area contributed by atoms with Crippen molar-refractivity contribution >= 4 is 17.2 Å². The second-order valence-electron chi connectivity index (χ2n) is 7.00. The number of pyridine rings is 1. The first-order valence-electron chi connectivity index (χ1n) is 9.47. The second-order valence-corrected chi connectivity index (χ2v) is 7.00. The van der Waals surface area contributed by atoms with E-state index in [4.69, 9.17) is 0 Å². The number of anilines is 1. The number of carbonyl (C=O) groups is 1. The smallest absolute Gasteiger partial charge is 0.322 e. The molecule has 0 radical (unpaired) electrons. The summed E-state index contributed by atoms with van der Waals surface area (Å²) >= 11 is 0. The van der Waals surface area contributed by atoms with Gasteiger partial charge in [-0.2, -0.15) is 13.2 Å². The molecule has 0 fully saturated rings. The standard InChI is InChI=1S/C21H21F3N4O2/c1-3-27(12-15-11-20(30)28-14(2)7-6-10-18(28)25-15)13-19(29)26-17-9-5-4-8-16(17)21(22,23)24/h4-11H,3,12-13H2,1-2H3,(H,26,29)/p+1. The highest BCUT2D eigenvalue weighted by molar-refractivity contribution is 5.92. The van der Waals surface area contributed by atoms with Gasteiger partial charge in [-0.05, 0) is 38.1 Å². The molecular formula is C21H22F3N4O2+. The maximum absolute atomic E-state index is 13.1. The van der Waals surface area contributed by atoms with Gasteiger partial charge in [-0.1, -0.05) is 18.2 Å². The number of hydrogen-bond donors (Lipinski definition) is 2. The number of hydrogen-bond acceptors (Lipinski definition) is 3. The number of benzene rings is 1. The van der Waals surface area contributed by atoms with Crippen molar-refractivity contribution in [1.82, 2.24) is 9.38 Å².